The van der Waals surface area contributed by atoms with Crippen molar-refractivity contribution >= 4 is 12.0 Å². The molecule has 31 heavy (non-hydrogen) atoms. The van der Waals surface area contributed by atoms with Crippen LogP contribution in [-0.4, -0.2) is 12.6 Å². The Hall–Kier alpha value is -2.03. The number of hydrogen-bond donors (Lipinski definition) is 0. The number of hydrogen-bond acceptors (Lipinski definition) is 3. The second-order valence-electron chi connectivity index (χ2n) is 8.81. The highest BCUT2D eigenvalue weighted by Gasteiger charge is 2.09. The molecule has 1 aromatic carbocycles. The summed E-state index contributed by atoms with van der Waals surface area (Å²) in [5.74, 6) is 0.745. The Balaban J connectivity index is 1.46. The van der Waals surface area contributed by atoms with E-state index in [0.717, 1.165) is 35.3 Å². The first-order valence-electron chi connectivity index (χ1n) is 12.5. The minimum absolute atomic E-state index is 0.0989. The van der Waals surface area contributed by atoms with Gasteiger partial charge in [0, 0.05) is 12.0 Å². The van der Waals surface area contributed by atoms with Crippen LogP contribution in [0.2, 0.25) is 0 Å². The van der Waals surface area contributed by atoms with Gasteiger partial charge in [0.05, 0.1) is 0 Å². The summed E-state index contributed by atoms with van der Waals surface area (Å²) in [5, 5.41) is 0. The maximum absolute atomic E-state index is 12.0. The van der Waals surface area contributed by atoms with Crippen LogP contribution in [0.4, 0.5) is 0 Å². The summed E-state index contributed by atoms with van der Waals surface area (Å²) in [6.45, 7) is 7.03. The third-order valence-corrected chi connectivity index (χ3v) is 5.87. The second kappa shape index (κ2) is 15.7. The van der Waals surface area contributed by atoms with E-state index in [9.17, 15) is 4.79 Å². The first-order chi connectivity index (χ1) is 15.2. The van der Waals surface area contributed by atoms with Gasteiger partial charge < -0.3 is 9.47 Å². The fourth-order valence-electron chi connectivity index (χ4n) is 3.90. The molecule has 0 amide bonds. The molecule has 0 unspecified atom stereocenters. The minimum atomic E-state index is -0.0989. The maximum Gasteiger partial charge on any atom is 0.306 e. The van der Waals surface area contributed by atoms with Crippen LogP contribution in [0.1, 0.15) is 108 Å². The normalized spacial score (nSPS) is 12.9. The van der Waals surface area contributed by atoms with E-state index in [1.54, 1.807) is 0 Å². The van der Waals surface area contributed by atoms with E-state index >= 15 is 0 Å². The Bertz CT molecular complexity index is 689. The molecule has 172 valence electrons. The molecule has 0 atom stereocenters. The SMILES string of the molecule is C=C1C=Cc2cc(COC(=O)CCCCCCCCCCCCCCC)ccc2OC1. The average Bonchev–Trinajstić information content (AvgIpc) is 2.96. The molecule has 1 aliphatic heterocycles. The molecule has 0 spiro atoms. The highest BCUT2D eigenvalue weighted by molar-refractivity contribution is 5.69. The molecule has 0 saturated carbocycles. The van der Waals surface area contributed by atoms with E-state index in [0.29, 0.717) is 19.6 Å². The lowest BCUT2D eigenvalue weighted by Crippen LogP contribution is -2.04. The van der Waals surface area contributed by atoms with Crippen LogP contribution in [-0.2, 0) is 16.1 Å². The lowest BCUT2D eigenvalue weighted by Gasteiger charge is -2.09. The van der Waals surface area contributed by atoms with Gasteiger partial charge >= 0.3 is 5.97 Å². The third kappa shape index (κ3) is 11.2. The Morgan fingerprint density at radius 3 is 2.16 bits per heavy atom. The molecule has 0 fully saturated rings. The lowest BCUT2D eigenvalue weighted by molar-refractivity contribution is -0.145. The Kier molecular flexibility index (Phi) is 12.8. The summed E-state index contributed by atoms with van der Waals surface area (Å²) in [6.07, 6.45) is 21.5. The topological polar surface area (TPSA) is 35.5 Å². The van der Waals surface area contributed by atoms with Gasteiger partial charge in [-0.2, -0.15) is 0 Å². The van der Waals surface area contributed by atoms with Crippen molar-refractivity contribution in [3.8, 4) is 5.75 Å². The zero-order valence-electron chi connectivity index (χ0n) is 19.6. The van der Waals surface area contributed by atoms with E-state index in [1.807, 2.05) is 30.4 Å². The molecule has 1 aliphatic rings. The molecule has 1 heterocycles. The Morgan fingerprint density at radius 1 is 0.903 bits per heavy atom. The maximum atomic E-state index is 12.0. The van der Waals surface area contributed by atoms with Crippen LogP contribution in [0.3, 0.4) is 0 Å². The van der Waals surface area contributed by atoms with Gasteiger partial charge in [0.15, 0.2) is 0 Å². The summed E-state index contributed by atoms with van der Waals surface area (Å²) in [4.78, 5) is 12.0. The van der Waals surface area contributed by atoms with Crippen LogP contribution in [0, 0.1) is 0 Å². The number of benzene rings is 1. The zero-order chi connectivity index (χ0) is 22.2. The first-order valence-corrected chi connectivity index (χ1v) is 12.5. The van der Waals surface area contributed by atoms with Crippen molar-refractivity contribution < 1.29 is 14.3 Å². The lowest BCUT2D eigenvalue weighted by atomic mass is 10.0. The molecule has 0 radical (unpaired) electrons. The fraction of sp³-hybridized carbons (Fsp3) is 0.607. The summed E-state index contributed by atoms with van der Waals surface area (Å²) < 4.78 is 11.2. The van der Waals surface area contributed by atoms with Crippen molar-refractivity contribution in [3.05, 3.63) is 47.6 Å². The highest BCUT2D eigenvalue weighted by atomic mass is 16.5. The van der Waals surface area contributed by atoms with Crippen LogP contribution in [0.15, 0.2) is 36.4 Å². The smallest absolute Gasteiger partial charge is 0.306 e. The van der Waals surface area contributed by atoms with Gasteiger partial charge in [0.25, 0.3) is 0 Å². The van der Waals surface area contributed by atoms with Crippen molar-refractivity contribution in [3.63, 3.8) is 0 Å². The largest absolute Gasteiger partial charge is 0.488 e. The quantitative estimate of drug-likeness (QED) is 0.197. The number of rotatable bonds is 16. The monoisotopic (exact) mass is 426 g/mol. The van der Waals surface area contributed by atoms with Crippen molar-refractivity contribution in [1.82, 2.24) is 0 Å². The molecule has 3 nitrogen and oxygen atoms in total. The standard InChI is InChI=1S/C28H42O3/c1-3-4-5-6-7-8-9-10-11-12-13-14-15-16-28(29)31-23-25-18-20-27-26(21-25)19-17-24(2)22-30-27/h17-21H,2-16,22-23H2,1H3. The van der Waals surface area contributed by atoms with Crippen molar-refractivity contribution in [2.45, 2.75) is 103 Å². The molecule has 0 saturated heterocycles. The number of esters is 1. The Morgan fingerprint density at radius 2 is 1.52 bits per heavy atom. The van der Waals surface area contributed by atoms with Gasteiger partial charge in [-0.15, -0.1) is 0 Å². The van der Waals surface area contributed by atoms with Gasteiger partial charge in [-0.3, -0.25) is 4.79 Å². The number of fused-ring (bicyclic) bond motifs is 1. The van der Waals surface area contributed by atoms with E-state index < -0.39 is 0 Å². The number of carbonyl (C=O) groups excluding carboxylic acids is 1. The molecule has 0 aliphatic carbocycles. The predicted molar refractivity (Wildman–Crippen MR) is 130 cm³/mol. The molecule has 0 aromatic heterocycles. The Labute approximate surface area is 189 Å². The molecule has 2 rings (SSSR count). The summed E-state index contributed by atoms with van der Waals surface area (Å²) in [6, 6.07) is 5.91. The summed E-state index contributed by atoms with van der Waals surface area (Å²) in [5.41, 5.74) is 2.93. The number of unbranched alkanes of at least 4 members (excludes halogenated alkanes) is 12. The zero-order valence-corrected chi connectivity index (χ0v) is 19.6. The molecule has 3 heteroatoms. The van der Waals surface area contributed by atoms with Gasteiger partial charge in [-0.05, 0) is 29.7 Å². The molecule has 1 aromatic rings. The van der Waals surface area contributed by atoms with Crippen molar-refractivity contribution in [1.29, 1.82) is 0 Å². The second-order valence-corrected chi connectivity index (χ2v) is 8.81. The molecular weight excluding hydrogens is 384 g/mol. The predicted octanol–water partition coefficient (Wildman–Crippen LogP) is 8.17. The summed E-state index contributed by atoms with van der Waals surface area (Å²) >= 11 is 0. The van der Waals surface area contributed by atoms with Crippen LogP contribution in [0.25, 0.3) is 6.08 Å². The molecule has 0 bridgehead atoms. The van der Waals surface area contributed by atoms with E-state index in [1.165, 1.54) is 70.6 Å². The molecular formula is C28H42O3. The average molecular weight is 427 g/mol. The van der Waals surface area contributed by atoms with Crippen LogP contribution in [0.5, 0.6) is 5.75 Å². The van der Waals surface area contributed by atoms with Crippen LogP contribution >= 0.6 is 0 Å². The number of ether oxygens (including phenoxy) is 2. The molecule has 0 N–H and O–H groups in total. The van der Waals surface area contributed by atoms with E-state index in [4.69, 9.17) is 9.47 Å². The van der Waals surface area contributed by atoms with Gasteiger partial charge in [-0.1, -0.05) is 109 Å². The van der Waals surface area contributed by atoms with E-state index in [-0.39, 0.29) is 5.97 Å². The van der Waals surface area contributed by atoms with Gasteiger partial charge in [-0.25, -0.2) is 0 Å². The van der Waals surface area contributed by atoms with Gasteiger partial charge in [0.1, 0.15) is 19.0 Å². The summed E-state index contributed by atoms with van der Waals surface area (Å²) in [7, 11) is 0. The van der Waals surface area contributed by atoms with Crippen molar-refractivity contribution in [2.24, 2.45) is 0 Å². The third-order valence-electron chi connectivity index (χ3n) is 5.87. The minimum Gasteiger partial charge on any atom is -0.488 e. The number of carbonyl (C=O) groups is 1. The fourth-order valence-corrected chi connectivity index (χ4v) is 3.90. The highest BCUT2D eigenvalue weighted by Crippen LogP contribution is 2.25. The van der Waals surface area contributed by atoms with Crippen LogP contribution < -0.4 is 4.74 Å². The first kappa shape index (κ1) is 25.2. The van der Waals surface area contributed by atoms with Crippen molar-refractivity contribution in [2.75, 3.05) is 6.61 Å². The van der Waals surface area contributed by atoms with E-state index in [2.05, 4.69) is 13.5 Å². The van der Waals surface area contributed by atoms with Gasteiger partial charge in [0.2, 0.25) is 0 Å².